The molecule has 0 atom stereocenters. The average Bonchev–Trinajstić information content (AvgIpc) is 2.66. The molecule has 0 unspecified atom stereocenters. The number of carbonyl (C=O) groups excluding carboxylic acids is 1. The summed E-state index contributed by atoms with van der Waals surface area (Å²) in [5.41, 5.74) is -6.63. The van der Waals surface area contributed by atoms with Crippen molar-refractivity contribution in [2.45, 2.75) is 44.7 Å². The summed E-state index contributed by atoms with van der Waals surface area (Å²) in [6, 6.07) is 0. The molecule has 1 aliphatic carbocycles. The molecule has 132 valence electrons. The summed E-state index contributed by atoms with van der Waals surface area (Å²) in [4.78, 5) is 13.2. The Kier molecular flexibility index (Phi) is 4.11. The molecule has 0 aromatic carbocycles. The van der Waals surface area contributed by atoms with Crippen molar-refractivity contribution < 1.29 is 35.3 Å². The Balaban J connectivity index is 1.96. The summed E-state index contributed by atoms with van der Waals surface area (Å²) in [6.45, 7) is 5.71. The second kappa shape index (κ2) is 5.29. The quantitative estimate of drug-likeness (QED) is 0.561. The lowest BCUT2D eigenvalue weighted by Crippen LogP contribution is -2.57. The SMILES string of the molecule is CC(C)(C)OC(=O)N1CC2(C=C(OS(=O)(=O)C(F)(F)F)CC2)C1. The topological polar surface area (TPSA) is 72.9 Å². The first kappa shape index (κ1) is 17.9. The van der Waals surface area contributed by atoms with E-state index in [2.05, 4.69) is 4.18 Å². The van der Waals surface area contributed by atoms with Gasteiger partial charge in [0.15, 0.2) is 0 Å². The van der Waals surface area contributed by atoms with Crippen LogP contribution in [0.25, 0.3) is 0 Å². The lowest BCUT2D eigenvalue weighted by atomic mass is 9.80. The maximum Gasteiger partial charge on any atom is 0.534 e. The monoisotopic (exact) mass is 357 g/mol. The number of halogens is 3. The molecule has 1 fully saturated rings. The number of amides is 1. The van der Waals surface area contributed by atoms with Crippen molar-refractivity contribution in [1.29, 1.82) is 0 Å². The van der Waals surface area contributed by atoms with Crippen LogP contribution in [0.4, 0.5) is 18.0 Å². The Bertz CT molecular complexity index is 627. The van der Waals surface area contributed by atoms with Crippen LogP contribution in [0, 0.1) is 5.41 Å². The fourth-order valence-electron chi connectivity index (χ4n) is 2.53. The van der Waals surface area contributed by atoms with Gasteiger partial charge in [-0.3, -0.25) is 0 Å². The van der Waals surface area contributed by atoms with Crippen molar-refractivity contribution in [2.75, 3.05) is 13.1 Å². The Morgan fingerprint density at radius 3 is 2.30 bits per heavy atom. The average molecular weight is 357 g/mol. The predicted octanol–water partition coefficient (Wildman–Crippen LogP) is 2.77. The molecule has 6 nitrogen and oxygen atoms in total. The Hall–Kier alpha value is -1.45. The van der Waals surface area contributed by atoms with Crippen LogP contribution in [0.5, 0.6) is 0 Å². The zero-order chi connectivity index (χ0) is 17.7. The van der Waals surface area contributed by atoms with Crippen molar-refractivity contribution in [3.63, 3.8) is 0 Å². The van der Waals surface area contributed by atoms with E-state index in [1.54, 1.807) is 20.8 Å². The van der Waals surface area contributed by atoms with Gasteiger partial charge in [-0.15, -0.1) is 0 Å². The van der Waals surface area contributed by atoms with Gasteiger partial charge in [-0.25, -0.2) is 4.79 Å². The molecule has 10 heteroatoms. The maximum absolute atomic E-state index is 12.3. The largest absolute Gasteiger partial charge is 0.534 e. The van der Waals surface area contributed by atoms with E-state index in [1.165, 1.54) is 11.0 Å². The number of allylic oxidation sites excluding steroid dienone is 1. The minimum atomic E-state index is -5.64. The van der Waals surface area contributed by atoms with Crippen LogP contribution in [0.1, 0.15) is 33.6 Å². The molecular weight excluding hydrogens is 339 g/mol. The van der Waals surface area contributed by atoms with E-state index in [1.807, 2.05) is 0 Å². The normalized spacial score (nSPS) is 21.0. The van der Waals surface area contributed by atoms with Crippen molar-refractivity contribution in [3.8, 4) is 0 Å². The molecule has 1 aliphatic heterocycles. The van der Waals surface area contributed by atoms with Crippen LogP contribution in [0.15, 0.2) is 11.8 Å². The third kappa shape index (κ3) is 3.91. The molecule has 0 aromatic heterocycles. The molecule has 1 amide bonds. The smallest absolute Gasteiger partial charge is 0.444 e. The number of alkyl halides is 3. The van der Waals surface area contributed by atoms with Gasteiger partial charge in [-0.2, -0.15) is 21.6 Å². The zero-order valence-electron chi connectivity index (χ0n) is 12.9. The molecule has 23 heavy (non-hydrogen) atoms. The number of likely N-dealkylation sites (tertiary alicyclic amines) is 1. The predicted molar refractivity (Wildman–Crippen MR) is 73.6 cm³/mol. The maximum atomic E-state index is 12.3. The highest BCUT2D eigenvalue weighted by Gasteiger charge is 2.52. The standard InChI is InChI=1S/C13H18F3NO5S/c1-11(2,3)21-10(18)17-7-12(8-17)5-4-9(6-12)22-23(19,20)13(14,15)16/h6H,4-5,7-8H2,1-3H3. The van der Waals surface area contributed by atoms with Gasteiger partial charge in [0.2, 0.25) is 0 Å². The van der Waals surface area contributed by atoms with Crippen LogP contribution < -0.4 is 0 Å². The van der Waals surface area contributed by atoms with E-state index >= 15 is 0 Å². The molecule has 1 spiro atoms. The van der Waals surface area contributed by atoms with Crippen molar-refractivity contribution in [3.05, 3.63) is 11.8 Å². The summed E-state index contributed by atoms with van der Waals surface area (Å²) in [5.74, 6) is -0.230. The highest BCUT2D eigenvalue weighted by atomic mass is 32.2. The van der Waals surface area contributed by atoms with E-state index in [-0.39, 0.29) is 25.3 Å². The summed E-state index contributed by atoms with van der Waals surface area (Å²) in [7, 11) is -5.64. The van der Waals surface area contributed by atoms with Crippen LogP contribution in [0.2, 0.25) is 0 Å². The first-order valence-electron chi connectivity index (χ1n) is 6.94. The van der Waals surface area contributed by atoms with Gasteiger partial charge in [0, 0.05) is 24.9 Å². The number of rotatable bonds is 2. The third-order valence-electron chi connectivity index (χ3n) is 3.50. The first-order chi connectivity index (χ1) is 10.2. The van der Waals surface area contributed by atoms with E-state index in [0.717, 1.165) is 0 Å². The number of hydrogen-bond donors (Lipinski definition) is 0. The minimum absolute atomic E-state index is 0.0808. The summed E-state index contributed by atoms with van der Waals surface area (Å²) < 4.78 is 68.2. The van der Waals surface area contributed by atoms with Crippen LogP contribution >= 0.6 is 0 Å². The molecule has 0 bridgehead atoms. The fourth-order valence-corrected chi connectivity index (χ4v) is 3.04. The van der Waals surface area contributed by atoms with Gasteiger partial charge < -0.3 is 13.8 Å². The molecule has 1 saturated heterocycles. The molecule has 2 aliphatic rings. The molecule has 0 saturated carbocycles. The molecule has 0 N–H and O–H groups in total. The molecule has 0 aromatic rings. The van der Waals surface area contributed by atoms with Crippen LogP contribution in [-0.4, -0.2) is 43.6 Å². The van der Waals surface area contributed by atoms with Crippen LogP contribution in [0.3, 0.4) is 0 Å². The van der Waals surface area contributed by atoms with Gasteiger partial charge in [0.05, 0.1) is 0 Å². The van der Waals surface area contributed by atoms with Crippen molar-refractivity contribution in [2.24, 2.45) is 5.41 Å². The number of hydrogen-bond acceptors (Lipinski definition) is 5. The summed E-state index contributed by atoms with van der Waals surface area (Å²) in [5, 5.41) is 0. The highest BCUT2D eigenvalue weighted by molar-refractivity contribution is 7.87. The number of nitrogens with zero attached hydrogens (tertiary/aromatic N) is 1. The van der Waals surface area contributed by atoms with E-state index in [0.29, 0.717) is 6.42 Å². The molecular formula is C13H18F3NO5S. The number of ether oxygens (including phenoxy) is 1. The van der Waals surface area contributed by atoms with E-state index < -0.39 is 32.7 Å². The zero-order valence-corrected chi connectivity index (χ0v) is 13.8. The van der Waals surface area contributed by atoms with E-state index in [4.69, 9.17) is 4.74 Å². The second-order valence-corrected chi connectivity index (χ2v) is 8.33. The first-order valence-corrected chi connectivity index (χ1v) is 8.34. The lowest BCUT2D eigenvalue weighted by molar-refractivity contribution is -0.0522. The highest BCUT2D eigenvalue weighted by Crippen LogP contribution is 2.45. The minimum Gasteiger partial charge on any atom is -0.444 e. The summed E-state index contributed by atoms with van der Waals surface area (Å²) >= 11 is 0. The Morgan fingerprint density at radius 2 is 1.83 bits per heavy atom. The lowest BCUT2D eigenvalue weighted by Gasteiger charge is -2.46. The molecule has 2 rings (SSSR count). The Labute approximate surface area is 132 Å². The van der Waals surface area contributed by atoms with Crippen molar-refractivity contribution in [1.82, 2.24) is 4.90 Å². The second-order valence-electron chi connectivity index (χ2n) is 6.79. The fraction of sp³-hybridized carbons (Fsp3) is 0.769. The van der Waals surface area contributed by atoms with Crippen LogP contribution in [-0.2, 0) is 19.0 Å². The Morgan fingerprint density at radius 1 is 1.26 bits per heavy atom. The third-order valence-corrected chi connectivity index (χ3v) is 4.50. The van der Waals surface area contributed by atoms with Gasteiger partial charge in [-0.1, -0.05) is 0 Å². The van der Waals surface area contributed by atoms with Gasteiger partial charge in [0.1, 0.15) is 11.4 Å². The molecule has 0 radical (unpaired) electrons. The number of carbonyl (C=O) groups is 1. The van der Waals surface area contributed by atoms with Crippen molar-refractivity contribution >= 4 is 16.2 Å². The van der Waals surface area contributed by atoms with Gasteiger partial charge in [-0.05, 0) is 33.3 Å². The van der Waals surface area contributed by atoms with Gasteiger partial charge >= 0.3 is 21.7 Å². The summed E-state index contributed by atoms with van der Waals surface area (Å²) in [6.07, 6.45) is 1.37. The molecule has 1 heterocycles. The van der Waals surface area contributed by atoms with E-state index in [9.17, 15) is 26.4 Å². The van der Waals surface area contributed by atoms with Gasteiger partial charge in [0.25, 0.3) is 0 Å².